The van der Waals surface area contributed by atoms with Crippen molar-refractivity contribution in [3.8, 4) is 5.75 Å². The van der Waals surface area contributed by atoms with E-state index >= 15 is 0 Å². The van der Waals surface area contributed by atoms with Gasteiger partial charge >= 0.3 is 5.97 Å². The molecule has 2 aromatic carbocycles. The van der Waals surface area contributed by atoms with E-state index in [1.807, 2.05) is 61.5 Å². The number of nitrogens with one attached hydrogen (secondary N) is 2. The number of hydrogen-bond acceptors (Lipinski definition) is 6. The average Bonchev–Trinajstić information content (AvgIpc) is 3.27. The predicted octanol–water partition coefficient (Wildman–Crippen LogP) is 2.75. The van der Waals surface area contributed by atoms with E-state index in [4.69, 9.17) is 9.47 Å². The standard InChI is InChI=1S/C22H22N2O5/c1-14-19(23-21(28-14)16-5-3-2-4-6-16)11-12-27-17-9-7-15(8-10-17)13-18-20(25)24-29-22(18)26/h2-10,18,21,23H,11-13H2,1H3,(H,24,25). The van der Waals surface area contributed by atoms with Crippen LogP contribution in [0.5, 0.6) is 5.75 Å². The maximum Gasteiger partial charge on any atom is 0.345 e. The number of hydrogen-bond donors (Lipinski definition) is 2. The van der Waals surface area contributed by atoms with Crippen molar-refractivity contribution >= 4 is 11.9 Å². The van der Waals surface area contributed by atoms with Gasteiger partial charge in [0.25, 0.3) is 5.91 Å². The summed E-state index contributed by atoms with van der Waals surface area (Å²) in [5.74, 6) is -0.135. The van der Waals surface area contributed by atoms with Crippen molar-refractivity contribution in [1.82, 2.24) is 10.8 Å². The van der Waals surface area contributed by atoms with Crippen molar-refractivity contribution in [3.05, 3.63) is 77.2 Å². The van der Waals surface area contributed by atoms with Crippen molar-refractivity contribution in [2.24, 2.45) is 5.92 Å². The molecular formula is C22H22N2O5. The smallest absolute Gasteiger partial charge is 0.345 e. The van der Waals surface area contributed by atoms with E-state index in [9.17, 15) is 9.59 Å². The fraction of sp³-hybridized carbons (Fsp3) is 0.273. The Morgan fingerprint density at radius 3 is 2.48 bits per heavy atom. The number of rotatable bonds is 7. The van der Waals surface area contributed by atoms with E-state index in [-0.39, 0.29) is 6.23 Å². The van der Waals surface area contributed by atoms with Gasteiger partial charge in [0.05, 0.1) is 12.3 Å². The molecule has 2 heterocycles. The molecule has 1 fully saturated rings. The van der Waals surface area contributed by atoms with E-state index in [2.05, 4.69) is 15.6 Å². The fourth-order valence-electron chi connectivity index (χ4n) is 3.32. The maximum atomic E-state index is 11.6. The van der Waals surface area contributed by atoms with Gasteiger partial charge in [-0.2, -0.15) is 5.48 Å². The van der Waals surface area contributed by atoms with Gasteiger partial charge in [-0.15, -0.1) is 0 Å². The molecule has 7 nitrogen and oxygen atoms in total. The summed E-state index contributed by atoms with van der Waals surface area (Å²) in [5, 5.41) is 3.40. The highest BCUT2D eigenvalue weighted by Gasteiger charge is 2.35. The summed E-state index contributed by atoms with van der Waals surface area (Å²) in [6, 6.07) is 17.4. The normalized spacial score (nSPS) is 20.7. The number of carbonyl (C=O) groups excluding carboxylic acids is 2. The van der Waals surface area contributed by atoms with Gasteiger partial charge in [-0.25, -0.2) is 4.79 Å². The summed E-state index contributed by atoms with van der Waals surface area (Å²) in [5.41, 5.74) is 5.07. The molecule has 2 aromatic rings. The highest BCUT2D eigenvalue weighted by molar-refractivity contribution is 6.01. The van der Waals surface area contributed by atoms with E-state index in [1.54, 1.807) is 0 Å². The van der Waals surface area contributed by atoms with Crippen LogP contribution in [0.3, 0.4) is 0 Å². The first-order chi connectivity index (χ1) is 14.1. The Bertz CT molecular complexity index is 908. The first-order valence-corrected chi connectivity index (χ1v) is 9.50. The Hall–Kier alpha value is -3.48. The van der Waals surface area contributed by atoms with Crippen LogP contribution in [0.15, 0.2) is 66.1 Å². The molecule has 0 bridgehead atoms. The van der Waals surface area contributed by atoms with Crippen molar-refractivity contribution in [3.63, 3.8) is 0 Å². The number of ether oxygens (including phenoxy) is 2. The van der Waals surface area contributed by atoms with Crippen LogP contribution < -0.4 is 15.5 Å². The third-order valence-corrected chi connectivity index (χ3v) is 4.96. The molecule has 1 saturated heterocycles. The summed E-state index contributed by atoms with van der Waals surface area (Å²) < 4.78 is 11.7. The summed E-state index contributed by atoms with van der Waals surface area (Å²) in [6.45, 7) is 2.45. The molecular weight excluding hydrogens is 372 g/mol. The molecule has 0 aliphatic carbocycles. The van der Waals surface area contributed by atoms with Gasteiger partial charge in [0.15, 0.2) is 6.23 Å². The SMILES string of the molecule is CC1=C(CCOc2ccc(CC3C(=O)NOC3=O)cc2)NC(c2ccccc2)O1. The van der Waals surface area contributed by atoms with Crippen molar-refractivity contribution in [2.45, 2.75) is 26.0 Å². The number of amides is 1. The first kappa shape index (κ1) is 18.9. The number of allylic oxidation sites excluding steroid dienone is 1. The molecule has 0 spiro atoms. The van der Waals surface area contributed by atoms with Crippen LogP contribution in [0.4, 0.5) is 0 Å². The lowest BCUT2D eigenvalue weighted by atomic mass is 9.99. The molecule has 2 atom stereocenters. The lowest BCUT2D eigenvalue weighted by Gasteiger charge is -2.13. The lowest BCUT2D eigenvalue weighted by molar-refractivity contribution is -0.146. The van der Waals surface area contributed by atoms with Gasteiger partial charge in [0.2, 0.25) is 0 Å². The van der Waals surface area contributed by atoms with Crippen LogP contribution in [0.2, 0.25) is 0 Å². The van der Waals surface area contributed by atoms with Gasteiger partial charge in [-0.1, -0.05) is 42.5 Å². The maximum absolute atomic E-state index is 11.6. The topological polar surface area (TPSA) is 85.9 Å². The molecule has 0 aromatic heterocycles. The van der Waals surface area contributed by atoms with E-state index in [0.717, 1.165) is 28.3 Å². The second-order valence-corrected chi connectivity index (χ2v) is 6.97. The van der Waals surface area contributed by atoms with E-state index in [0.29, 0.717) is 19.4 Å². The van der Waals surface area contributed by atoms with Crippen LogP contribution in [-0.4, -0.2) is 18.5 Å². The van der Waals surface area contributed by atoms with Crippen LogP contribution in [0, 0.1) is 5.92 Å². The van der Waals surface area contributed by atoms with Gasteiger partial charge in [-0.3, -0.25) is 4.79 Å². The first-order valence-electron chi connectivity index (χ1n) is 9.50. The molecule has 0 radical (unpaired) electrons. The predicted molar refractivity (Wildman–Crippen MR) is 104 cm³/mol. The zero-order valence-corrected chi connectivity index (χ0v) is 16.0. The fourth-order valence-corrected chi connectivity index (χ4v) is 3.32. The third-order valence-electron chi connectivity index (χ3n) is 4.96. The summed E-state index contributed by atoms with van der Waals surface area (Å²) in [6.07, 6.45) is 0.842. The Labute approximate surface area is 168 Å². The zero-order valence-electron chi connectivity index (χ0n) is 16.0. The van der Waals surface area contributed by atoms with Crippen LogP contribution in [0.25, 0.3) is 0 Å². The number of benzene rings is 2. The summed E-state index contributed by atoms with van der Waals surface area (Å²) in [7, 11) is 0. The Kier molecular flexibility index (Phi) is 5.37. The van der Waals surface area contributed by atoms with E-state index < -0.39 is 17.8 Å². The molecule has 2 unspecified atom stereocenters. The molecule has 1 amide bonds. The summed E-state index contributed by atoms with van der Waals surface area (Å²) >= 11 is 0. The monoisotopic (exact) mass is 394 g/mol. The highest BCUT2D eigenvalue weighted by atomic mass is 16.7. The second-order valence-electron chi connectivity index (χ2n) is 6.97. The second kappa shape index (κ2) is 8.26. The van der Waals surface area contributed by atoms with Gasteiger partial charge < -0.3 is 19.6 Å². The van der Waals surface area contributed by atoms with Crippen LogP contribution in [-0.2, 0) is 25.6 Å². The van der Waals surface area contributed by atoms with E-state index in [1.165, 1.54) is 0 Å². The van der Waals surface area contributed by atoms with Crippen molar-refractivity contribution < 1.29 is 23.9 Å². The molecule has 0 saturated carbocycles. The molecule has 2 aliphatic rings. The molecule has 29 heavy (non-hydrogen) atoms. The molecule has 7 heteroatoms. The lowest BCUT2D eigenvalue weighted by Crippen LogP contribution is -2.21. The largest absolute Gasteiger partial charge is 0.493 e. The molecule has 150 valence electrons. The molecule has 4 rings (SSSR count). The zero-order chi connectivity index (χ0) is 20.2. The Balaban J connectivity index is 1.26. The Morgan fingerprint density at radius 1 is 1.03 bits per heavy atom. The van der Waals surface area contributed by atoms with Gasteiger partial charge in [-0.05, 0) is 31.0 Å². The highest BCUT2D eigenvalue weighted by Crippen LogP contribution is 2.28. The van der Waals surface area contributed by atoms with Crippen LogP contribution >= 0.6 is 0 Å². The molecule has 2 aliphatic heterocycles. The van der Waals surface area contributed by atoms with Crippen LogP contribution in [0.1, 0.15) is 30.7 Å². The van der Waals surface area contributed by atoms with Crippen molar-refractivity contribution in [1.29, 1.82) is 0 Å². The van der Waals surface area contributed by atoms with Gasteiger partial charge in [0, 0.05) is 12.0 Å². The quantitative estimate of drug-likeness (QED) is 0.703. The van der Waals surface area contributed by atoms with Gasteiger partial charge in [0.1, 0.15) is 17.4 Å². The minimum atomic E-state index is -0.789. The average molecular weight is 394 g/mol. The minimum absolute atomic E-state index is 0.162. The summed E-state index contributed by atoms with van der Waals surface area (Å²) in [4.78, 5) is 27.6. The molecule has 2 N–H and O–H groups in total. The minimum Gasteiger partial charge on any atom is -0.493 e. The van der Waals surface area contributed by atoms with Crippen molar-refractivity contribution in [2.75, 3.05) is 6.61 Å². The third kappa shape index (κ3) is 4.34. The Morgan fingerprint density at radius 2 is 1.79 bits per heavy atom. The number of hydroxylamine groups is 1. The number of carbonyl (C=O) groups is 2.